The van der Waals surface area contributed by atoms with Gasteiger partial charge in [0.05, 0.1) is 19.9 Å². The Labute approximate surface area is 107 Å². The van der Waals surface area contributed by atoms with Crippen LogP contribution in [0.25, 0.3) is 11.3 Å². The fourth-order valence-corrected chi connectivity index (χ4v) is 2.19. The van der Waals surface area contributed by atoms with Crippen LogP contribution in [0.2, 0.25) is 0 Å². The van der Waals surface area contributed by atoms with Crippen molar-refractivity contribution in [3.63, 3.8) is 0 Å². The number of ether oxygens (including phenoxy) is 2. The Morgan fingerprint density at radius 2 is 2.17 bits per heavy atom. The third-order valence-corrected chi connectivity index (χ3v) is 3.12. The van der Waals surface area contributed by atoms with Crippen molar-refractivity contribution in [2.45, 2.75) is 0 Å². The molecule has 0 atom stereocenters. The number of carbonyl (C=O) groups is 1. The number of rotatable bonds is 3. The van der Waals surface area contributed by atoms with Crippen molar-refractivity contribution in [1.82, 2.24) is 4.98 Å². The molecule has 2 rings (SSSR count). The van der Waals surface area contributed by atoms with Crippen LogP contribution >= 0.6 is 11.3 Å². The van der Waals surface area contributed by atoms with E-state index in [0.29, 0.717) is 17.0 Å². The van der Waals surface area contributed by atoms with Gasteiger partial charge in [0.15, 0.2) is 0 Å². The smallest absolute Gasteiger partial charge is 0.367 e. The van der Waals surface area contributed by atoms with E-state index in [1.807, 2.05) is 0 Å². The third-order valence-electron chi connectivity index (χ3n) is 2.30. The minimum atomic E-state index is -0.512. The Morgan fingerprint density at radius 3 is 2.83 bits per heavy atom. The normalized spacial score (nSPS) is 10.2. The molecule has 0 saturated heterocycles. The molecule has 0 aliphatic heterocycles. The first-order chi connectivity index (χ1) is 8.65. The van der Waals surface area contributed by atoms with E-state index in [2.05, 4.69) is 9.72 Å². The number of thiazole rings is 1. The van der Waals surface area contributed by atoms with Crippen LogP contribution < -0.4 is 4.74 Å². The number of hydrogen-bond donors (Lipinski definition) is 0. The van der Waals surface area contributed by atoms with Crippen molar-refractivity contribution < 1.29 is 18.7 Å². The highest BCUT2D eigenvalue weighted by atomic mass is 32.1. The number of aromatic nitrogens is 1. The standard InChI is InChI=1S/C12H10FNO3S/c1-16-10-4-3-7(13)5-8(10)9-6-18-11(14-9)12(15)17-2/h3-6H,1-2H3. The van der Waals surface area contributed by atoms with Gasteiger partial charge in [0.25, 0.3) is 0 Å². The molecule has 0 bridgehead atoms. The zero-order valence-electron chi connectivity index (χ0n) is 9.77. The summed E-state index contributed by atoms with van der Waals surface area (Å²) in [5.41, 5.74) is 0.987. The van der Waals surface area contributed by atoms with Gasteiger partial charge in [0.2, 0.25) is 5.01 Å². The van der Waals surface area contributed by atoms with Gasteiger partial charge < -0.3 is 9.47 Å². The first-order valence-corrected chi connectivity index (χ1v) is 5.91. The first-order valence-electron chi connectivity index (χ1n) is 5.03. The number of nitrogens with zero attached hydrogens (tertiary/aromatic N) is 1. The zero-order chi connectivity index (χ0) is 13.1. The number of esters is 1. The molecule has 0 unspecified atom stereocenters. The van der Waals surface area contributed by atoms with Crippen LogP contribution in [0.1, 0.15) is 9.80 Å². The maximum absolute atomic E-state index is 13.2. The molecule has 0 radical (unpaired) electrons. The Kier molecular flexibility index (Phi) is 3.57. The number of methoxy groups -OCH3 is 2. The summed E-state index contributed by atoms with van der Waals surface area (Å²) in [6.45, 7) is 0. The minimum absolute atomic E-state index is 0.221. The molecular formula is C12H10FNO3S. The topological polar surface area (TPSA) is 48.4 Å². The van der Waals surface area contributed by atoms with E-state index in [4.69, 9.17) is 4.74 Å². The van der Waals surface area contributed by atoms with Crippen LogP contribution in [-0.2, 0) is 4.74 Å². The van der Waals surface area contributed by atoms with Crippen molar-refractivity contribution >= 4 is 17.3 Å². The van der Waals surface area contributed by atoms with Gasteiger partial charge in [-0.1, -0.05) is 0 Å². The van der Waals surface area contributed by atoms with E-state index in [9.17, 15) is 9.18 Å². The van der Waals surface area contributed by atoms with Gasteiger partial charge >= 0.3 is 5.97 Å². The Hall–Kier alpha value is -1.95. The predicted molar refractivity (Wildman–Crippen MR) is 65.4 cm³/mol. The third kappa shape index (κ3) is 2.33. The van der Waals surface area contributed by atoms with Gasteiger partial charge in [-0.3, -0.25) is 0 Å². The summed E-state index contributed by atoms with van der Waals surface area (Å²) in [6.07, 6.45) is 0. The molecule has 0 saturated carbocycles. The summed E-state index contributed by atoms with van der Waals surface area (Å²) in [6, 6.07) is 4.13. The molecule has 94 valence electrons. The predicted octanol–water partition coefficient (Wildman–Crippen LogP) is 2.74. The summed E-state index contributed by atoms with van der Waals surface area (Å²) in [5, 5.41) is 1.88. The monoisotopic (exact) mass is 267 g/mol. The molecule has 0 fully saturated rings. The average molecular weight is 267 g/mol. The lowest BCUT2D eigenvalue weighted by molar-refractivity contribution is 0.0600. The van der Waals surface area contributed by atoms with Crippen LogP contribution in [0.15, 0.2) is 23.6 Å². The Morgan fingerprint density at radius 1 is 1.39 bits per heavy atom. The molecule has 18 heavy (non-hydrogen) atoms. The quantitative estimate of drug-likeness (QED) is 0.802. The molecule has 1 aromatic heterocycles. The van der Waals surface area contributed by atoms with Crippen molar-refractivity contribution in [1.29, 1.82) is 0 Å². The van der Waals surface area contributed by atoms with E-state index < -0.39 is 11.8 Å². The lowest BCUT2D eigenvalue weighted by atomic mass is 10.1. The summed E-state index contributed by atoms with van der Waals surface area (Å²) < 4.78 is 22.9. The van der Waals surface area contributed by atoms with Crippen LogP contribution in [0, 0.1) is 5.82 Å². The van der Waals surface area contributed by atoms with Gasteiger partial charge in [0.1, 0.15) is 11.6 Å². The molecule has 4 nitrogen and oxygen atoms in total. The molecule has 0 aliphatic rings. The SMILES string of the molecule is COC(=O)c1nc(-c2cc(F)ccc2OC)cs1. The van der Waals surface area contributed by atoms with Gasteiger partial charge in [0, 0.05) is 10.9 Å². The highest BCUT2D eigenvalue weighted by Crippen LogP contribution is 2.31. The van der Waals surface area contributed by atoms with Crippen molar-refractivity contribution in [2.75, 3.05) is 14.2 Å². The van der Waals surface area contributed by atoms with Gasteiger partial charge in [-0.05, 0) is 18.2 Å². The van der Waals surface area contributed by atoms with Gasteiger partial charge in [-0.2, -0.15) is 0 Å². The molecule has 0 spiro atoms. The molecule has 1 heterocycles. The maximum Gasteiger partial charge on any atom is 0.367 e. The molecule has 0 aliphatic carbocycles. The average Bonchev–Trinajstić information content (AvgIpc) is 2.87. The van der Waals surface area contributed by atoms with Crippen molar-refractivity contribution in [3.8, 4) is 17.0 Å². The van der Waals surface area contributed by atoms with E-state index in [1.54, 1.807) is 5.38 Å². The Balaban J connectivity index is 2.45. The number of hydrogen-bond acceptors (Lipinski definition) is 5. The van der Waals surface area contributed by atoms with E-state index in [0.717, 1.165) is 11.3 Å². The van der Waals surface area contributed by atoms with Crippen molar-refractivity contribution in [3.05, 3.63) is 34.4 Å². The summed E-state index contributed by atoms with van der Waals surface area (Å²) in [7, 11) is 2.77. The minimum Gasteiger partial charge on any atom is -0.496 e. The van der Waals surface area contributed by atoms with Crippen molar-refractivity contribution in [2.24, 2.45) is 0 Å². The second-order valence-corrected chi connectivity index (χ2v) is 4.23. The Bertz CT molecular complexity index is 582. The van der Waals surface area contributed by atoms with E-state index in [-0.39, 0.29) is 5.01 Å². The van der Waals surface area contributed by atoms with Gasteiger partial charge in [-0.15, -0.1) is 11.3 Å². The lowest BCUT2D eigenvalue weighted by Gasteiger charge is -2.05. The molecule has 1 aromatic carbocycles. The number of halogens is 1. The second-order valence-electron chi connectivity index (χ2n) is 3.37. The maximum atomic E-state index is 13.2. The summed E-state index contributed by atoms with van der Waals surface area (Å²) in [4.78, 5) is 15.4. The fourth-order valence-electron chi connectivity index (χ4n) is 1.46. The summed E-state index contributed by atoms with van der Waals surface area (Å²) in [5.74, 6) is -0.404. The number of benzene rings is 1. The van der Waals surface area contributed by atoms with Crippen LogP contribution in [0.3, 0.4) is 0 Å². The highest BCUT2D eigenvalue weighted by Gasteiger charge is 2.15. The largest absolute Gasteiger partial charge is 0.496 e. The molecule has 6 heteroatoms. The van der Waals surface area contributed by atoms with Gasteiger partial charge in [-0.25, -0.2) is 14.2 Å². The lowest BCUT2D eigenvalue weighted by Crippen LogP contribution is -2.00. The first kappa shape index (κ1) is 12.5. The highest BCUT2D eigenvalue weighted by molar-refractivity contribution is 7.11. The van der Waals surface area contributed by atoms with E-state index in [1.165, 1.54) is 32.4 Å². The second kappa shape index (κ2) is 5.14. The molecule has 2 aromatic rings. The fraction of sp³-hybridized carbons (Fsp3) is 0.167. The molecular weight excluding hydrogens is 257 g/mol. The summed E-state index contributed by atoms with van der Waals surface area (Å²) >= 11 is 1.14. The molecule has 0 N–H and O–H groups in total. The van der Waals surface area contributed by atoms with Crippen LogP contribution in [-0.4, -0.2) is 25.2 Å². The zero-order valence-corrected chi connectivity index (χ0v) is 10.6. The molecule has 0 amide bonds. The van der Waals surface area contributed by atoms with Crippen LogP contribution in [0.4, 0.5) is 4.39 Å². The number of carbonyl (C=O) groups excluding carboxylic acids is 1. The van der Waals surface area contributed by atoms with Crippen LogP contribution in [0.5, 0.6) is 5.75 Å². The van der Waals surface area contributed by atoms with E-state index >= 15 is 0 Å².